The minimum Gasteiger partial charge on any atom is -0.496 e. The minimum absolute atomic E-state index is 0.338. The Bertz CT molecular complexity index is 879. The quantitative estimate of drug-likeness (QED) is 0.780. The van der Waals surface area contributed by atoms with Gasteiger partial charge in [0.2, 0.25) is 5.82 Å². The predicted octanol–water partition coefficient (Wildman–Crippen LogP) is 1.60. The van der Waals surface area contributed by atoms with E-state index in [9.17, 15) is 4.79 Å². The van der Waals surface area contributed by atoms with E-state index in [-0.39, 0.29) is 12.1 Å². The second-order valence-electron chi connectivity index (χ2n) is 5.95. The first kappa shape index (κ1) is 18.8. The molecular formula is C20H22N3O4+. The number of rotatable bonds is 6. The van der Waals surface area contributed by atoms with Gasteiger partial charge in [0.05, 0.1) is 26.0 Å². The molecule has 1 heterocycles. The smallest absolute Gasteiger partial charge is 0.315 e. The lowest BCUT2D eigenvalue weighted by Gasteiger charge is -2.21. The molecule has 2 aromatic rings. The van der Waals surface area contributed by atoms with Gasteiger partial charge in [0.15, 0.2) is 0 Å². The van der Waals surface area contributed by atoms with Gasteiger partial charge in [-0.2, -0.15) is 4.98 Å². The molecular weight excluding hydrogens is 346 g/mol. The Balaban J connectivity index is 1.85. The number of ether oxygens (including phenoxy) is 3. The minimum atomic E-state index is -0.494. The van der Waals surface area contributed by atoms with Crippen molar-refractivity contribution in [2.75, 3.05) is 21.3 Å². The molecule has 1 aliphatic carbocycles. The number of esters is 1. The van der Waals surface area contributed by atoms with Crippen molar-refractivity contribution in [3.8, 4) is 17.0 Å². The maximum absolute atomic E-state index is 12.0. The molecule has 7 heteroatoms. The van der Waals surface area contributed by atoms with Gasteiger partial charge in [-0.05, 0) is 30.4 Å². The third-order valence-electron chi connectivity index (χ3n) is 4.34. The van der Waals surface area contributed by atoms with Gasteiger partial charge >= 0.3 is 5.97 Å². The van der Waals surface area contributed by atoms with Gasteiger partial charge in [0.1, 0.15) is 23.7 Å². The maximum Gasteiger partial charge on any atom is 0.315 e. The highest BCUT2D eigenvalue weighted by Gasteiger charge is 2.30. The first-order valence-corrected chi connectivity index (χ1v) is 8.47. The van der Waals surface area contributed by atoms with Crippen LogP contribution in [-0.4, -0.2) is 43.4 Å². The van der Waals surface area contributed by atoms with Crippen LogP contribution < -0.4 is 10.1 Å². The van der Waals surface area contributed by atoms with Crippen LogP contribution in [0.2, 0.25) is 0 Å². The summed E-state index contributed by atoms with van der Waals surface area (Å²) in [5.41, 5.74) is 2.49. The summed E-state index contributed by atoms with van der Waals surface area (Å²) in [7, 11) is 4.57. The standard InChI is InChI=1S/C20H21N3O4/c1-25-17-7-5-4-6-14(17)16-11-19(22-12-21-16)23-13-8-9-18(26-2)15(10-13)20(24)27-3/h4-12,15,18H,1-3H3,(H,21,22,23)/p+1. The van der Waals surface area contributed by atoms with E-state index in [1.165, 1.54) is 13.4 Å². The Morgan fingerprint density at radius 2 is 1.96 bits per heavy atom. The van der Waals surface area contributed by atoms with Crippen molar-refractivity contribution in [3.63, 3.8) is 0 Å². The fraction of sp³-hybridized carbons (Fsp3) is 0.250. The van der Waals surface area contributed by atoms with Crippen LogP contribution in [0.4, 0.5) is 5.82 Å². The summed E-state index contributed by atoms with van der Waals surface area (Å²) < 4.78 is 15.6. The second-order valence-corrected chi connectivity index (χ2v) is 5.95. The number of allylic oxidation sites excluding steroid dienone is 1. The topological polar surface area (TPSA) is 87.2 Å². The van der Waals surface area contributed by atoms with Gasteiger partial charge < -0.3 is 14.2 Å². The number of para-hydroxylation sites is 1. The van der Waals surface area contributed by atoms with Crippen LogP contribution in [-0.2, 0) is 14.3 Å². The van der Waals surface area contributed by atoms with E-state index >= 15 is 0 Å². The van der Waals surface area contributed by atoms with Crippen molar-refractivity contribution in [1.29, 1.82) is 0 Å². The zero-order chi connectivity index (χ0) is 19.2. The van der Waals surface area contributed by atoms with Crippen LogP contribution in [0.3, 0.4) is 0 Å². The van der Waals surface area contributed by atoms with E-state index in [0.717, 1.165) is 28.5 Å². The lowest BCUT2D eigenvalue weighted by Crippen LogP contribution is -2.76. The summed E-state index contributed by atoms with van der Waals surface area (Å²) in [6.45, 7) is 0. The van der Waals surface area contributed by atoms with Gasteiger partial charge in [-0.1, -0.05) is 12.1 Å². The average molecular weight is 368 g/mol. The normalized spacial score (nSPS) is 18.7. The number of benzene rings is 1. The number of carbonyl (C=O) groups excluding carboxylic acids is 1. The lowest BCUT2D eigenvalue weighted by atomic mass is 9.96. The first-order valence-electron chi connectivity index (χ1n) is 8.47. The van der Waals surface area contributed by atoms with E-state index in [4.69, 9.17) is 14.2 Å². The highest BCUT2D eigenvalue weighted by molar-refractivity contribution is 5.76. The van der Waals surface area contributed by atoms with Crippen LogP contribution >= 0.6 is 0 Å². The number of quaternary nitrogens is 1. The van der Waals surface area contributed by atoms with Crippen LogP contribution in [0.25, 0.3) is 11.3 Å². The largest absolute Gasteiger partial charge is 0.496 e. The summed E-state index contributed by atoms with van der Waals surface area (Å²) in [6, 6.07) is 9.55. The summed E-state index contributed by atoms with van der Waals surface area (Å²) in [4.78, 5) is 20.7. The number of hydrogen-bond donors (Lipinski definition) is 1. The fourth-order valence-electron chi connectivity index (χ4n) is 2.97. The molecule has 140 valence electrons. The van der Waals surface area contributed by atoms with Gasteiger partial charge in [0, 0.05) is 18.7 Å². The third-order valence-corrected chi connectivity index (χ3v) is 4.34. The Labute approximate surface area is 157 Å². The molecule has 0 spiro atoms. The van der Waals surface area contributed by atoms with Crippen LogP contribution in [0.1, 0.15) is 0 Å². The molecule has 3 rings (SSSR count). The highest BCUT2D eigenvalue weighted by atomic mass is 16.5. The molecule has 1 aromatic heterocycles. The third kappa shape index (κ3) is 4.21. The van der Waals surface area contributed by atoms with Crippen LogP contribution in [0.15, 0.2) is 60.6 Å². The van der Waals surface area contributed by atoms with E-state index in [1.807, 2.05) is 53.9 Å². The predicted molar refractivity (Wildman–Crippen MR) is 99.1 cm³/mol. The second kappa shape index (κ2) is 8.57. The number of carbonyl (C=O) groups is 1. The molecule has 1 aliphatic rings. The number of aromatic nitrogens is 2. The van der Waals surface area contributed by atoms with Crippen molar-refractivity contribution in [1.82, 2.24) is 9.97 Å². The number of methoxy groups -OCH3 is 3. The van der Waals surface area contributed by atoms with Crippen molar-refractivity contribution >= 4 is 11.8 Å². The first-order chi connectivity index (χ1) is 13.2. The average Bonchev–Trinajstić information content (AvgIpc) is 2.73. The van der Waals surface area contributed by atoms with Crippen molar-refractivity contribution in [3.05, 3.63) is 60.6 Å². The Morgan fingerprint density at radius 1 is 1.15 bits per heavy atom. The molecule has 0 bridgehead atoms. The molecule has 0 saturated carbocycles. The molecule has 0 radical (unpaired) electrons. The molecule has 2 unspecified atom stereocenters. The Kier molecular flexibility index (Phi) is 5.95. The highest BCUT2D eigenvalue weighted by Crippen LogP contribution is 2.28. The van der Waals surface area contributed by atoms with Crippen molar-refractivity contribution in [2.45, 2.75) is 6.10 Å². The van der Waals surface area contributed by atoms with E-state index in [1.54, 1.807) is 14.2 Å². The molecule has 2 N–H and O–H groups in total. The fourth-order valence-corrected chi connectivity index (χ4v) is 2.97. The monoisotopic (exact) mass is 368 g/mol. The summed E-state index contributed by atoms with van der Waals surface area (Å²) in [5.74, 6) is 0.634. The summed E-state index contributed by atoms with van der Waals surface area (Å²) in [6.07, 6.45) is 6.74. The van der Waals surface area contributed by atoms with E-state index in [0.29, 0.717) is 0 Å². The van der Waals surface area contributed by atoms with Crippen LogP contribution in [0.5, 0.6) is 5.75 Å². The van der Waals surface area contributed by atoms with E-state index in [2.05, 4.69) is 9.97 Å². The Hall–Kier alpha value is -3.03. The summed E-state index contributed by atoms with van der Waals surface area (Å²) in [5, 5.41) is 1.89. The number of nitrogens with zero attached hydrogens (tertiary/aromatic N) is 2. The molecule has 0 fully saturated rings. The van der Waals surface area contributed by atoms with E-state index < -0.39 is 5.92 Å². The molecule has 0 amide bonds. The number of hydrogen-bond acceptors (Lipinski definition) is 6. The van der Waals surface area contributed by atoms with Crippen LogP contribution in [0, 0.1) is 5.92 Å². The van der Waals surface area contributed by atoms with Crippen molar-refractivity contribution in [2.24, 2.45) is 5.92 Å². The maximum atomic E-state index is 12.0. The van der Waals surface area contributed by atoms with Gasteiger partial charge in [0.25, 0.3) is 0 Å². The molecule has 2 atom stereocenters. The molecule has 0 saturated heterocycles. The zero-order valence-electron chi connectivity index (χ0n) is 15.5. The summed E-state index contributed by atoms with van der Waals surface area (Å²) >= 11 is 0. The molecule has 0 aliphatic heterocycles. The Morgan fingerprint density at radius 3 is 2.70 bits per heavy atom. The van der Waals surface area contributed by atoms with Crippen molar-refractivity contribution < 1.29 is 24.3 Å². The molecule has 7 nitrogen and oxygen atoms in total. The lowest BCUT2D eigenvalue weighted by molar-refractivity contribution is -0.517. The molecule has 27 heavy (non-hydrogen) atoms. The SMILES string of the molecule is COC(=O)C1C=C([NH2+]c2cc(-c3ccccc3OC)ncn2)C=CC1OC. The van der Waals surface area contributed by atoms with Gasteiger partial charge in [-0.15, -0.1) is 0 Å². The molecule has 1 aromatic carbocycles. The zero-order valence-corrected chi connectivity index (χ0v) is 15.5. The van der Waals surface area contributed by atoms with Gasteiger partial charge in [-0.3, -0.25) is 10.1 Å². The number of nitrogens with two attached hydrogens (primary N) is 1. The van der Waals surface area contributed by atoms with Gasteiger partial charge in [-0.25, -0.2) is 4.98 Å².